The van der Waals surface area contributed by atoms with Crippen LogP contribution in [0.4, 0.5) is 24.8 Å². The van der Waals surface area contributed by atoms with Gasteiger partial charge < -0.3 is 10.1 Å². The van der Waals surface area contributed by atoms with E-state index < -0.39 is 17.7 Å². The topological polar surface area (TPSA) is 94.3 Å². The molecular formula is C21H17F3N6O2. The Labute approximate surface area is 180 Å². The number of carbonyl (C=O) groups is 1. The summed E-state index contributed by atoms with van der Waals surface area (Å²) in [7, 11) is 0. The van der Waals surface area contributed by atoms with Crippen LogP contribution < -0.4 is 5.32 Å². The summed E-state index contributed by atoms with van der Waals surface area (Å²) in [6.45, 7) is 3.66. The number of ether oxygens (including phenoxy) is 1. The van der Waals surface area contributed by atoms with Crippen LogP contribution in [0.1, 0.15) is 28.5 Å². The Hall–Kier alpha value is -4.02. The monoisotopic (exact) mass is 442 g/mol. The molecule has 3 heterocycles. The van der Waals surface area contributed by atoms with E-state index in [1.54, 1.807) is 13.8 Å². The smallest absolute Gasteiger partial charge is 0.416 e. The quantitative estimate of drug-likeness (QED) is 0.457. The maximum atomic E-state index is 13.1. The van der Waals surface area contributed by atoms with Crippen LogP contribution in [-0.4, -0.2) is 37.1 Å². The first-order chi connectivity index (χ1) is 15.3. The van der Waals surface area contributed by atoms with E-state index in [1.165, 1.54) is 41.3 Å². The number of nitrogens with zero attached hydrogens (tertiary/aromatic N) is 5. The fraction of sp³-hybridized carbons (Fsp3) is 0.190. The molecule has 11 heteroatoms. The second-order valence-electron chi connectivity index (χ2n) is 6.79. The van der Waals surface area contributed by atoms with Crippen molar-refractivity contribution in [1.29, 1.82) is 0 Å². The van der Waals surface area contributed by atoms with Crippen LogP contribution in [0.25, 0.3) is 16.9 Å². The summed E-state index contributed by atoms with van der Waals surface area (Å²) < 4.78 is 45.8. The minimum absolute atomic E-state index is 0.157. The molecule has 0 bridgehead atoms. The highest BCUT2D eigenvalue weighted by Crippen LogP contribution is 2.32. The second kappa shape index (κ2) is 8.25. The van der Waals surface area contributed by atoms with Crippen LogP contribution in [0.2, 0.25) is 0 Å². The molecule has 164 valence electrons. The van der Waals surface area contributed by atoms with Gasteiger partial charge in [-0.25, -0.2) is 19.3 Å². The number of hydrogen-bond donors (Lipinski definition) is 1. The van der Waals surface area contributed by atoms with Gasteiger partial charge in [0.05, 0.1) is 41.5 Å². The number of alkyl halides is 3. The van der Waals surface area contributed by atoms with E-state index in [-0.39, 0.29) is 29.5 Å². The molecule has 32 heavy (non-hydrogen) atoms. The van der Waals surface area contributed by atoms with Gasteiger partial charge in [0.2, 0.25) is 5.95 Å². The second-order valence-corrected chi connectivity index (χ2v) is 6.79. The van der Waals surface area contributed by atoms with Crippen molar-refractivity contribution in [3.63, 3.8) is 0 Å². The lowest BCUT2D eigenvalue weighted by molar-refractivity contribution is -0.137. The van der Waals surface area contributed by atoms with E-state index in [4.69, 9.17) is 4.74 Å². The molecule has 1 N–H and O–H groups in total. The zero-order valence-electron chi connectivity index (χ0n) is 17.0. The number of hydrogen-bond acceptors (Lipinski definition) is 7. The molecule has 0 fully saturated rings. The van der Waals surface area contributed by atoms with Crippen LogP contribution in [0.5, 0.6) is 0 Å². The molecule has 0 spiro atoms. The molecule has 0 saturated carbocycles. The summed E-state index contributed by atoms with van der Waals surface area (Å²) in [6.07, 6.45) is -0.122. The molecule has 0 amide bonds. The molecule has 0 aliphatic heterocycles. The summed E-state index contributed by atoms with van der Waals surface area (Å²) in [6, 6.07) is 6.40. The van der Waals surface area contributed by atoms with Gasteiger partial charge in [0.1, 0.15) is 5.52 Å². The van der Waals surface area contributed by atoms with E-state index in [0.717, 1.165) is 12.1 Å². The average molecular weight is 442 g/mol. The van der Waals surface area contributed by atoms with Gasteiger partial charge >= 0.3 is 12.1 Å². The zero-order valence-corrected chi connectivity index (χ0v) is 17.0. The number of aryl methyl sites for hydroxylation is 1. The predicted molar refractivity (Wildman–Crippen MR) is 109 cm³/mol. The van der Waals surface area contributed by atoms with E-state index in [2.05, 4.69) is 25.4 Å². The molecule has 0 aliphatic carbocycles. The Morgan fingerprint density at radius 1 is 1.19 bits per heavy atom. The van der Waals surface area contributed by atoms with Gasteiger partial charge in [-0.1, -0.05) is 12.1 Å². The number of halogens is 3. The van der Waals surface area contributed by atoms with Crippen LogP contribution in [0, 0.1) is 6.92 Å². The molecule has 0 saturated heterocycles. The van der Waals surface area contributed by atoms with Crippen molar-refractivity contribution < 1.29 is 22.7 Å². The van der Waals surface area contributed by atoms with Crippen molar-refractivity contribution in [2.24, 2.45) is 0 Å². The first kappa shape index (κ1) is 21.2. The standard InChI is InChI=1S/C21H17F3N6O2/c1-3-32-19(31)14-8-16(10-25-9-14)28-20-27-12(2)17-11-26-18(30(17)29-20)13-5-4-6-15(7-13)21(22,23)24/h4-11H,3H2,1-2H3,(H,28,29). The van der Waals surface area contributed by atoms with Crippen molar-refractivity contribution >= 4 is 23.1 Å². The largest absolute Gasteiger partial charge is 0.462 e. The van der Waals surface area contributed by atoms with Gasteiger partial charge in [-0.3, -0.25) is 4.98 Å². The Morgan fingerprint density at radius 3 is 2.75 bits per heavy atom. The first-order valence-corrected chi connectivity index (χ1v) is 9.55. The van der Waals surface area contributed by atoms with Gasteiger partial charge in [0.25, 0.3) is 0 Å². The summed E-state index contributed by atoms with van der Waals surface area (Å²) in [5.41, 5.74) is 1.27. The third kappa shape index (κ3) is 4.22. The number of anilines is 2. The summed E-state index contributed by atoms with van der Waals surface area (Å²) in [5, 5.41) is 7.33. The minimum Gasteiger partial charge on any atom is -0.462 e. The molecule has 0 aliphatic rings. The van der Waals surface area contributed by atoms with Crippen molar-refractivity contribution in [1.82, 2.24) is 24.6 Å². The SMILES string of the molecule is CCOC(=O)c1cncc(Nc2nc(C)c3cnc(-c4cccc(C(F)(F)F)c4)n3n2)c1. The normalized spacial score (nSPS) is 11.5. The summed E-state index contributed by atoms with van der Waals surface area (Å²) >= 11 is 0. The van der Waals surface area contributed by atoms with E-state index >= 15 is 0 Å². The first-order valence-electron chi connectivity index (χ1n) is 9.55. The highest BCUT2D eigenvalue weighted by molar-refractivity contribution is 5.90. The Balaban J connectivity index is 1.72. The molecule has 4 rings (SSSR count). The highest BCUT2D eigenvalue weighted by Gasteiger charge is 2.30. The number of benzene rings is 1. The zero-order chi connectivity index (χ0) is 22.9. The van der Waals surface area contributed by atoms with Crippen LogP contribution in [0.3, 0.4) is 0 Å². The summed E-state index contributed by atoms with van der Waals surface area (Å²) in [5.74, 6) is -0.125. The van der Waals surface area contributed by atoms with E-state index in [0.29, 0.717) is 16.9 Å². The molecule has 0 radical (unpaired) electrons. The molecular weight excluding hydrogens is 425 g/mol. The summed E-state index contributed by atoms with van der Waals surface area (Å²) in [4.78, 5) is 24.6. The number of aromatic nitrogens is 5. The predicted octanol–water partition coefficient (Wildman–Crippen LogP) is 4.43. The number of esters is 1. The van der Waals surface area contributed by atoms with Crippen molar-refractivity contribution in [3.8, 4) is 11.4 Å². The molecule has 8 nitrogen and oxygen atoms in total. The number of pyridine rings is 1. The number of fused-ring (bicyclic) bond motifs is 1. The minimum atomic E-state index is -4.47. The lowest BCUT2D eigenvalue weighted by Gasteiger charge is -2.10. The average Bonchev–Trinajstić information content (AvgIpc) is 3.18. The molecule has 0 unspecified atom stereocenters. The molecule has 0 atom stereocenters. The number of imidazole rings is 1. The fourth-order valence-electron chi connectivity index (χ4n) is 3.07. The van der Waals surface area contributed by atoms with Crippen molar-refractivity contribution in [2.75, 3.05) is 11.9 Å². The Bertz CT molecular complexity index is 1300. The van der Waals surface area contributed by atoms with Crippen molar-refractivity contribution in [3.05, 3.63) is 65.7 Å². The number of rotatable bonds is 5. The lowest BCUT2D eigenvalue weighted by atomic mass is 10.1. The van der Waals surface area contributed by atoms with Crippen LogP contribution in [0.15, 0.2) is 48.9 Å². The van der Waals surface area contributed by atoms with Crippen LogP contribution in [-0.2, 0) is 10.9 Å². The van der Waals surface area contributed by atoms with E-state index in [1.807, 2.05) is 0 Å². The van der Waals surface area contributed by atoms with Gasteiger partial charge in [-0.2, -0.15) is 13.2 Å². The van der Waals surface area contributed by atoms with Crippen LogP contribution >= 0.6 is 0 Å². The maximum Gasteiger partial charge on any atom is 0.416 e. The van der Waals surface area contributed by atoms with Gasteiger partial charge in [-0.15, -0.1) is 5.10 Å². The lowest BCUT2D eigenvalue weighted by Crippen LogP contribution is -2.08. The fourth-order valence-corrected chi connectivity index (χ4v) is 3.07. The Morgan fingerprint density at radius 2 is 2.00 bits per heavy atom. The highest BCUT2D eigenvalue weighted by atomic mass is 19.4. The van der Waals surface area contributed by atoms with Gasteiger partial charge in [-0.05, 0) is 32.0 Å². The Kier molecular flexibility index (Phi) is 5.47. The maximum absolute atomic E-state index is 13.1. The molecule has 3 aromatic heterocycles. The van der Waals surface area contributed by atoms with Crippen molar-refractivity contribution in [2.45, 2.75) is 20.0 Å². The van der Waals surface area contributed by atoms with E-state index in [9.17, 15) is 18.0 Å². The van der Waals surface area contributed by atoms with Gasteiger partial charge in [0, 0.05) is 11.8 Å². The number of nitrogens with one attached hydrogen (secondary N) is 1. The molecule has 1 aromatic carbocycles. The number of carbonyl (C=O) groups excluding carboxylic acids is 1. The van der Waals surface area contributed by atoms with Gasteiger partial charge in [0.15, 0.2) is 5.82 Å². The third-order valence-corrected chi connectivity index (χ3v) is 4.53. The molecule has 4 aromatic rings. The third-order valence-electron chi connectivity index (χ3n) is 4.53.